The van der Waals surface area contributed by atoms with E-state index in [9.17, 15) is 0 Å². The number of benzene rings is 1. The topological polar surface area (TPSA) is 60.2 Å². The minimum atomic E-state index is 0.277. The summed E-state index contributed by atoms with van der Waals surface area (Å²) in [6.45, 7) is 2.30. The molecule has 0 radical (unpaired) electrons. The molecule has 3 rings (SSSR count). The zero-order chi connectivity index (χ0) is 13.8. The lowest BCUT2D eigenvalue weighted by atomic mass is 9.98. The second-order valence-corrected chi connectivity index (χ2v) is 5.25. The van der Waals surface area contributed by atoms with Crippen LogP contribution in [0.2, 0.25) is 5.02 Å². The van der Waals surface area contributed by atoms with Crippen molar-refractivity contribution >= 4 is 11.6 Å². The summed E-state index contributed by atoms with van der Waals surface area (Å²) in [5.74, 6) is 2.43. The zero-order valence-corrected chi connectivity index (χ0v) is 11.8. The molecule has 0 amide bonds. The minimum Gasteiger partial charge on any atom is -0.484 e. The number of nitrogens with zero attached hydrogens (tertiary/aromatic N) is 2. The van der Waals surface area contributed by atoms with Gasteiger partial charge in [0.15, 0.2) is 12.4 Å². The molecular weight excluding hydrogens is 278 g/mol. The molecule has 0 saturated carbocycles. The van der Waals surface area contributed by atoms with Gasteiger partial charge in [-0.15, -0.1) is 0 Å². The third kappa shape index (κ3) is 3.29. The van der Waals surface area contributed by atoms with E-state index in [-0.39, 0.29) is 6.61 Å². The molecule has 0 atom stereocenters. The van der Waals surface area contributed by atoms with E-state index < -0.39 is 0 Å². The Kier molecular flexibility index (Phi) is 4.18. The molecule has 0 spiro atoms. The first-order chi connectivity index (χ1) is 9.81. The van der Waals surface area contributed by atoms with Crippen LogP contribution >= 0.6 is 11.6 Å². The van der Waals surface area contributed by atoms with E-state index in [0.717, 1.165) is 37.5 Å². The number of piperidine rings is 1. The van der Waals surface area contributed by atoms with Crippen LogP contribution in [0, 0.1) is 0 Å². The van der Waals surface area contributed by atoms with Gasteiger partial charge in [0.2, 0.25) is 0 Å². The van der Waals surface area contributed by atoms with Gasteiger partial charge in [-0.25, -0.2) is 0 Å². The predicted octanol–water partition coefficient (Wildman–Crippen LogP) is 2.77. The molecule has 5 nitrogen and oxygen atoms in total. The molecule has 0 aliphatic carbocycles. The van der Waals surface area contributed by atoms with Gasteiger partial charge in [-0.2, -0.15) is 4.98 Å². The normalized spacial score (nSPS) is 16.2. The predicted molar refractivity (Wildman–Crippen MR) is 74.9 cm³/mol. The van der Waals surface area contributed by atoms with E-state index in [1.165, 1.54) is 0 Å². The van der Waals surface area contributed by atoms with Gasteiger partial charge in [-0.05, 0) is 50.2 Å². The van der Waals surface area contributed by atoms with E-state index in [4.69, 9.17) is 20.9 Å². The van der Waals surface area contributed by atoms with Gasteiger partial charge < -0.3 is 14.6 Å². The fraction of sp³-hybridized carbons (Fsp3) is 0.429. The fourth-order valence-electron chi connectivity index (χ4n) is 2.25. The molecule has 2 heterocycles. The molecule has 1 aromatic carbocycles. The summed E-state index contributed by atoms with van der Waals surface area (Å²) in [4.78, 5) is 4.41. The summed E-state index contributed by atoms with van der Waals surface area (Å²) in [6, 6.07) is 7.19. The highest BCUT2D eigenvalue weighted by Crippen LogP contribution is 2.23. The van der Waals surface area contributed by atoms with Crippen LogP contribution in [-0.4, -0.2) is 23.2 Å². The third-order valence-electron chi connectivity index (χ3n) is 3.36. The zero-order valence-electron chi connectivity index (χ0n) is 11.0. The van der Waals surface area contributed by atoms with Gasteiger partial charge in [0.05, 0.1) is 0 Å². The average Bonchev–Trinajstić information content (AvgIpc) is 2.97. The number of halogens is 1. The number of rotatable bonds is 4. The van der Waals surface area contributed by atoms with E-state index in [1.807, 2.05) is 12.1 Å². The maximum atomic E-state index is 5.82. The van der Waals surface area contributed by atoms with Crippen molar-refractivity contribution in [2.45, 2.75) is 25.4 Å². The Labute approximate surface area is 122 Å². The van der Waals surface area contributed by atoms with Crippen LogP contribution in [0.4, 0.5) is 0 Å². The SMILES string of the molecule is Clc1ccc(OCc2nc(C3CCNCC3)no2)cc1. The summed E-state index contributed by atoms with van der Waals surface area (Å²) >= 11 is 5.82. The Bertz CT molecular complexity index is 550. The molecule has 1 N–H and O–H groups in total. The molecule has 0 bridgehead atoms. The summed E-state index contributed by atoms with van der Waals surface area (Å²) in [5, 5.41) is 8.06. The van der Waals surface area contributed by atoms with E-state index in [2.05, 4.69) is 15.5 Å². The molecular formula is C14H16ClN3O2. The first-order valence-corrected chi connectivity index (χ1v) is 7.10. The lowest BCUT2D eigenvalue weighted by molar-refractivity contribution is 0.242. The summed E-state index contributed by atoms with van der Waals surface area (Å²) < 4.78 is 10.8. The number of hydrogen-bond acceptors (Lipinski definition) is 5. The average molecular weight is 294 g/mol. The largest absolute Gasteiger partial charge is 0.484 e. The number of hydrogen-bond donors (Lipinski definition) is 1. The second-order valence-electron chi connectivity index (χ2n) is 4.81. The lowest BCUT2D eigenvalue weighted by Crippen LogP contribution is -2.27. The maximum Gasteiger partial charge on any atom is 0.264 e. The number of aromatic nitrogens is 2. The van der Waals surface area contributed by atoms with E-state index in [1.54, 1.807) is 12.1 Å². The van der Waals surface area contributed by atoms with Crippen molar-refractivity contribution in [2.75, 3.05) is 13.1 Å². The molecule has 1 aromatic heterocycles. The Morgan fingerprint density at radius 3 is 2.75 bits per heavy atom. The summed E-state index contributed by atoms with van der Waals surface area (Å²) in [7, 11) is 0. The highest BCUT2D eigenvalue weighted by molar-refractivity contribution is 6.30. The smallest absolute Gasteiger partial charge is 0.264 e. The van der Waals surface area contributed by atoms with Crippen molar-refractivity contribution in [1.82, 2.24) is 15.5 Å². The van der Waals surface area contributed by atoms with Crippen LogP contribution < -0.4 is 10.1 Å². The van der Waals surface area contributed by atoms with Crippen LogP contribution in [0.1, 0.15) is 30.5 Å². The van der Waals surface area contributed by atoms with Crippen molar-refractivity contribution < 1.29 is 9.26 Å². The first kappa shape index (κ1) is 13.4. The third-order valence-corrected chi connectivity index (χ3v) is 3.62. The Morgan fingerprint density at radius 2 is 2.00 bits per heavy atom. The molecule has 106 valence electrons. The summed E-state index contributed by atoms with van der Waals surface area (Å²) in [6.07, 6.45) is 2.11. The van der Waals surface area contributed by atoms with Gasteiger partial charge in [-0.3, -0.25) is 0 Å². The molecule has 1 aliphatic rings. The highest BCUT2D eigenvalue weighted by Gasteiger charge is 2.20. The van der Waals surface area contributed by atoms with Crippen molar-refractivity contribution in [1.29, 1.82) is 0 Å². The quantitative estimate of drug-likeness (QED) is 0.939. The van der Waals surface area contributed by atoms with Crippen LogP contribution in [-0.2, 0) is 6.61 Å². The molecule has 2 aromatic rings. The standard InChI is InChI=1S/C14H16ClN3O2/c15-11-1-3-12(4-2-11)19-9-13-17-14(18-20-13)10-5-7-16-8-6-10/h1-4,10,16H,5-9H2. The van der Waals surface area contributed by atoms with E-state index in [0.29, 0.717) is 16.8 Å². The van der Waals surface area contributed by atoms with Gasteiger partial charge in [-0.1, -0.05) is 16.8 Å². The van der Waals surface area contributed by atoms with Crippen molar-refractivity contribution in [3.05, 3.63) is 41.0 Å². The molecule has 0 unspecified atom stereocenters. The highest BCUT2D eigenvalue weighted by atomic mass is 35.5. The molecule has 1 saturated heterocycles. The maximum absolute atomic E-state index is 5.82. The first-order valence-electron chi connectivity index (χ1n) is 6.73. The molecule has 20 heavy (non-hydrogen) atoms. The van der Waals surface area contributed by atoms with Crippen LogP contribution in [0.25, 0.3) is 0 Å². The Balaban J connectivity index is 1.58. The number of ether oxygens (including phenoxy) is 1. The van der Waals surface area contributed by atoms with Crippen molar-refractivity contribution in [2.24, 2.45) is 0 Å². The van der Waals surface area contributed by atoms with Gasteiger partial charge in [0, 0.05) is 10.9 Å². The van der Waals surface area contributed by atoms with Crippen LogP contribution in [0.15, 0.2) is 28.8 Å². The fourth-order valence-corrected chi connectivity index (χ4v) is 2.37. The van der Waals surface area contributed by atoms with E-state index >= 15 is 0 Å². The lowest BCUT2D eigenvalue weighted by Gasteiger charge is -2.18. The van der Waals surface area contributed by atoms with Crippen LogP contribution in [0.5, 0.6) is 5.75 Å². The second kappa shape index (κ2) is 6.24. The van der Waals surface area contributed by atoms with Crippen molar-refractivity contribution in [3.63, 3.8) is 0 Å². The minimum absolute atomic E-state index is 0.277. The molecule has 1 fully saturated rings. The molecule has 1 aliphatic heterocycles. The van der Waals surface area contributed by atoms with Gasteiger partial charge >= 0.3 is 0 Å². The van der Waals surface area contributed by atoms with Gasteiger partial charge in [0.25, 0.3) is 5.89 Å². The number of nitrogens with one attached hydrogen (secondary N) is 1. The Morgan fingerprint density at radius 1 is 1.25 bits per heavy atom. The Hall–Kier alpha value is -1.59. The van der Waals surface area contributed by atoms with Crippen LogP contribution in [0.3, 0.4) is 0 Å². The summed E-state index contributed by atoms with van der Waals surface area (Å²) in [5.41, 5.74) is 0. The monoisotopic (exact) mass is 293 g/mol. The van der Waals surface area contributed by atoms with Crippen molar-refractivity contribution in [3.8, 4) is 5.75 Å². The molecule has 6 heteroatoms. The van der Waals surface area contributed by atoms with Gasteiger partial charge in [0.1, 0.15) is 5.75 Å².